The Kier molecular flexibility index (Phi) is 7.17. The van der Waals surface area contributed by atoms with Gasteiger partial charge in [0.2, 0.25) is 5.91 Å². The summed E-state index contributed by atoms with van der Waals surface area (Å²) >= 11 is 0. The van der Waals surface area contributed by atoms with Gasteiger partial charge >= 0.3 is 12.1 Å². The minimum Gasteiger partial charge on any atom is -0.461 e. The standard InChI is InChI=1S/C19H23F3N2O4/c1-11(2)14(16(25)19(20,21)22)24-17(26)15-13(8-9-23-15)18(27)28-10-12-6-4-3-5-7-12/h3-7,11,13-15,23H,8-10H2,1-2H3,(H,24,26)/t13-,14?,15-/m0/s1. The van der Waals surface area contributed by atoms with Gasteiger partial charge in [-0.25, -0.2) is 0 Å². The van der Waals surface area contributed by atoms with Crippen molar-refractivity contribution in [3.05, 3.63) is 35.9 Å². The van der Waals surface area contributed by atoms with Gasteiger partial charge < -0.3 is 15.4 Å². The zero-order valence-electron chi connectivity index (χ0n) is 15.6. The molecule has 1 amide bonds. The number of esters is 1. The van der Waals surface area contributed by atoms with Gasteiger partial charge in [-0.15, -0.1) is 0 Å². The Hall–Kier alpha value is -2.42. The highest BCUT2D eigenvalue weighted by molar-refractivity contribution is 5.95. The van der Waals surface area contributed by atoms with Crippen molar-refractivity contribution < 1.29 is 32.3 Å². The first-order valence-corrected chi connectivity index (χ1v) is 8.96. The van der Waals surface area contributed by atoms with Crippen LogP contribution in [0.1, 0.15) is 25.8 Å². The van der Waals surface area contributed by atoms with Crippen molar-refractivity contribution in [2.24, 2.45) is 11.8 Å². The van der Waals surface area contributed by atoms with Gasteiger partial charge in [0.25, 0.3) is 5.78 Å². The maximum atomic E-state index is 12.8. The quantitative estimate of drug-likeness (QED) is 0.684. The minimum absolute atomic E-state index is 0.0334. The van der Waals surface area contributed by atoms with Crippen molar-refractivity contribution in [2.75, 3.05) is 6.54 Å². The molecule has 1 aromatic rings. The topological polar surface area (TPSA) is 84.5 Å². The average Bonchev–Trinajstić information content (AvgIpc) is 3.13. The Morgan fingerprint density at radius 2 is 1.86 bits per heavy atom. The number of carbonyl (C=O) groups is 3. The summed E-state index contributed by atoms with van der Waals surface area (Å²) in [4.78, 5) is 36.4. The predicted octanol–water partition coefficient (Wildman–Crippen LogP) is 1.98. The lowest BCUT2D eigenvalue weighted by molar-refractivity contribution is -0.175. The second kappa shape index (κ2) is 9.18. The number of alkyl halides is 3. The first-order chi connectivity index (χ1) is 13.1. The molecule has 1 unspecified atom stereocenters. The third kappa shape index (κ3) is 5.54. The number of amides is 1. The first-order valence-electron chi connectivity index (χ1n) is 8.96. The number of rotatable bonds is 7. The van der Waals surface area contributed by atoms with Crippen LogP contribution in [-0.2, 0) is 25.7 Å². The average molecular weight is 400 g/mol. The fraction of sp³-hybridized carbons (Fsp3) is 0.526. The van der Waals surface area contributed by atoms with Gasteiger partial charge in [0, 0.05) is 0 Å². The molecule has 28 heavy (non-hydrogen) atoms. The number of Topliss-reactive ketones (excluding diaryl/α,β-unsaturated/α-hetero) is 1. The van der Waals surface area contributed by atoms with Gasteiger partial charge in [-0.2, -0.15) is 13.2 Å². The SMILES string of the molecule is CC(C)C(NC(=O)[C@H]1NCC[C@@H]1C(=O)OCc1ccccc1)C(=O)C(F)(F)F. The summed E-state index contributed by atoms with van der Waals surface area (Å²) in [6, 6.07) is 6.20. The van der Waals surface area contributed by atoms with Crippen LogP contribution in [0.2, 0.25) is 0 Å². The number of benzene rings is 1. The van der Waals surface area contributed by atoms with Gasteiger partial charge in [-0.05, 0) is 24.4 Å². The van der Waals surface area contributed by atoms with Crippen molar-refractivity contribution in [3.63, 3.8) is 0 Å². The fourth-order valence-electron chi connectivity index (χ4n) is 3.02. The molecule has 1 fully saturated rings. The third-order valence-electron chi connectivity index (χ3n) is 4.56. The van der Waals surface area contributed by atoms with Gasteiger partial charge in [-0.3, -0.25) is 14.4 Å². The molecule has 9 heteroatoms. The largest absolute Gasteiger partial charge is 0.461 e. The minimum atomic E-state index is -5.06. The molecule has 1 aromatic carbocycles. The van der Waals surface area contributed by atoms with E-state index in [-0.39, 0.29) is 6.61 Å². The van der Waals surface area contributed by atoms with E-state index in [1.54, 1.807) is 24.3 Å². The van der Waals surface area contributed by atoms with Crippen LogP contribution >= 0.6 is 0 Å². The summed E-state index contributed by atoms with van der Waals surface area (Å²) < 4.78 is 43.5. The molecular formula is C19H23F3N2O4. The van der Waals surface area contributed by atoms with Gasteiger partial charge in [-0.1, -0.05) is 44.2 Å². The Morgan fingerprint density at radius 1 is 1.21 bits per heavy atom. The summed E-state index contributed by atoms with van der Waals surface area (Å²) in [6.45, 7) is 3.18. The van der Waals surface area contributed by atoms with Crippen LogP contribution in [0.3, 0.4) is 0 Å². The molecule has 0 radical (unpaired) electrons. The normalized spacial score (nSPS) is 20.6. The maximum absolute atomic E-state index is 12.8. The molecule has 0 bridgehead atoms. The van der Waals surface area contributed by atoms with E-state index in [4.69, 9.17) is 4.74 Å². The lowest BCUT2D eigenvalue weighted by Gasteiger charge is -2.25. The van der Waals surface area contributed by atoms with Gasteiger partial charge in [0.15, 0.2) is 0 Å². The smallest absolute Gasteiger partial charge is 0.452 e. The van der Waals surface area contributed by atoms with Crippen molar-refractivity contribution in [2.45, 2.75) is 45.1 Å². The highest BCUT2D eigenvalue weighted by Gasteiger charge is 2.46. The lowest BCUT2D eigenvalue weighted by atomic mass is 9.96. The maximum Gasteiger partial charge on any atom is 0.452 e. The molecule has 1 heterocycles. The summed E-state index contributed by atoms with van der Waals surface area (Å²) in [7, 11) is 0. The summed E-state index contributed by atoms with van der Waals surface area (Å²) in [5.41, 5.74) is 0.776. The lowest BCUT2D eigenvalue weighted by Crippen LogP contribution is -2.55. The number of hydrogen-bond acceptors (Lipinski definition) is 5. The predicted molar refractivity (Wildman–Crippen MR) is 94.0 cm³/mol. The highest BCUT2D eigenvalue weighted by atomic mass is 19.4. The van der Waals surface area contributed by atoms with Crippen molar-refractivity contribution >= 4 is 17.7 Å². The Bertz CT molecular complexity index is 707. The second-order valence-corrected chi connectivity index (χ2v) is 7.01. The van der Waals surface area contributed by atoms with E-state index in [2.05, 4.69) is 10.6 Å². The molecule has 0 saturated carbocycles. The molecule has 154 valence electrons. The molecular weight excluding hydrogens is 377 g/mol. The van der Waals surface area contributed by atoms with E-state index < -0.39 is 47.8 Å². The Morgan fingerprint density at radius 3 is 2.43 bits per heavy atom. The van der Waals surface area contributed by atoms with E-state index in [9.17, 15) is 27.6 Å². The fourth-order valence-corrected chi connectivity index (χ4v) is 3.02. The number of hydrogen-bond donors (Lipinski definition) is 2. The van der Waals surface area contributed by atoms with Crippen molar-refractivity contribution in [1.29, 1.82) is 0 Å². The van der Waals surface area contributed by atoms with E-state index in [1.165, 1.54) is 13.8 Å². The summed E-state index contributed by atoms with van der Waals surface area (Å²) in [6.07, 6.45) is -4.75. The van der Waals surface area contributed by atoms with Crippen LogP contribution in [0, 0.1) is 11.8 Å². The monoisotopic (exact) mass is 400 g/mol. The molecule has 1 aliphatic heterocycles. The summed E-state index contributed by atoms with van der Waals surface area (Å²) in [5.74, 6) is -5.05. The number of ether oxygens (including phenoxy) is 1. The number of carbonyl (C=O) groups excluding carboxylic acids is 3. The molecule has 1 saturated heterocycles. The van der Waals surface area contributed by atoms with E-state index >= 15 is 0 Å². The zero-order valence-corrected chi connectivity index (χ0v) is 15.6. The van der Waals surface area contributed by atoms with Gasteiger partial charge in [0.05, 0.1) is 12.0 Å². The van der Waals surface area contributed by atoms with Crippen LogP contribution in [0.4, 0.5) is 13.2 Å². The van der Waals surface area contributed by atoms with Crippen molar-refractivity contribution in [3.8, 4) is 0 Å². The molecule has 0 spiro atoms. The molecule has 0 aliphatic carbocycles. The van der Waals surface area contributed by atoms with Crippen molar-refractivity contribution in [1.82, 2.24) is 10.6 Å². The molecule has 0 aromatic heterocycles. The third-order valence-corrected chi connectivity index (χ3v) is 4.56. The second-order valence-electron chi connectivity index (χ2n) is 7.01. The molecule has 2 rings (SSSR count). The molecule has 1 aliphatic rings. The Labute approximate surface area is 160 Å². The van der Waals surface area contributed by atoms with Crippen LogP contribution in [0.5, 0.6) is 0 Å². The molecule has 3 atom stereocenters. The van der Waals surface area contributed by atoms with Crippen LogP contribution in [-0.4, -0.2) is 42.5 Å². The van der Waals surface area contributed by atoms with E-state index in [1.807, 2.05) is 6.07 Å². The Balaban J connectivity index is 2.01. The van der Waals surface area contributed by atoms with Crippen LogP contribution in [0.15, 0.2) is 30.3 Å². The molecule has 6 nitrogen and oxygen atoms in total. The zero-order chi connectivity index (χ0) is 20.9. The number of ketones is 1. The number of halogens is 3. The van der Waals surface area contributed by atoms with Crippen LogP contribution < -0.4 is 10.6 Å². The number of nitrogens with one attached hydrogen (secondary N) is 2. The van der Waals surface area contributed by atoms with Gasteiger partial charge in [0.1, 0.15) is 12.6 Å². The first kappa shape index (κ1) is 21.9. The van der Waals surface area contributed by atoms with Crippen LogP contribution in [0.25, 0.3) is 0 Å². The van der Waals surface area contributed by atoms with E-state index in [0.29, 0.717) is 13.0 Å². The highest BCUT2D eigenvalue weighted by Crippen LogP contribution is 2.23. The summed E-state index contributed by atoms with van der Waals surface area (Å²) in [5, 5.41) is 4.95. The van der Waals surface area contributed by atoms with E-state index in [0.717, 1.165) is 5.56 Å². The molecule has 2 N–H and O–H groups in total.